The molecule has 3 aromatic carbocycles. The Labute approximate surface area is 233 Å². The van der Waals surface area contributed by atoms with Gasteiger partial charge in [-0.1, -0.05) is 61.4 Å². The third-order valence-corrected chi connectivity index (χ3v) is 6.64. The van der Waals surface area contributed by atoms with Crippen molar-refractivity contribution in [2.45, 2.75) is 33.1 Å². The van der Waals surface area contributed by atoms with Crippen LogP contribution in [-0.2, 0) is 25.5 Å². The Balaban J connectivity index is 0.000000186. The van der Waals surface area contributed by atoms with Crippen LogP contribution in [0.25, 0.3) is 22.5 Å². The van der Waals surface area contributed by atoms with Crippen LogP contribution in [-0.4, -0.2) is 9.97 Å². The monoisotopic (exact) mass is 661 g/mol. The Morgan fingerprint density at radius 3 is 2.24 bits per heavy atom. The molecule has 0 amide bonds. The van der Waals surface area contributed by atoms with Gasteiger partial charge < -0.3 is 14.7 Å². The van der Waals surface area contributed by atoms with Crippen LogP contribution in [0, 0.1) is 26.0 Å². The normalized spacial score (nSPS) is 12.5. The molecule has 0 atom stereocenters. The van der Waals surface area contributed by atoms with Crippen LogP contribution in [0.1, 0.15) is 36.1 Å². The molecule has 37 heavy (non-hydrogen) atoms. The van der Waals surface area contributed by atoms with Gasteiger partial charge in [-0.05, 0) is 53.9 Å². The molecule has 0 saturated heterocycles. The molecule has 1 radical (unpaired) electrons. The topological polar surface area (TPSA) is 35.0 Å². The molecule has 4 heteroatoms. The Hall–Kier alpha value is -3.59. The number of pyridine rings is 2. The summed E-state index contributed by atoms with van der Waals surface area (Å²) < 4.78 is 6.13. The van der Waals surface area contributed by atoms with Gasteiger partial charge in [-0.3, -0.25) is 0 Å². The van der Waals surface area contributed by atoms with Gasteiger partial charge in [0, 0.05) is 32.5 Å². The fraction of sp³-hybridized carbons (Fsp3) is 0.152. The van der Waals surface area contributed by atoms with Gasteiger partial charge in [0.2, 0.25) is 0 Å². The van der Waals surface area contributed by atoms with Gasteiger partial charge in [0.25, 0.3) is 0 Å². The number of hydrogen-bond acceptors (Lipinski definition) is 3. The number of para-hydroxylation sites is 1. The molecule has 6 rings (SSSR count). The Morgan fingerprint density at radius 1 is 0.730 bits per heavy atom. The minimum atomic E-state index is -0.158. The van der Waals surface area contributed by atoms with Crippen molar-refractivity contribution in [3.63, 3.8) is 0 Å². The standard InChI is InChI=1S/C20H16NO.C13H12N.Ir/c1-20(2)15-9-3-4-11-17(15)22-18-12-7-8-14(19(18)20)16-10-5-6-13-21-16;1-10-8-13(14-9-11(10)2)12-6-4-3-5-7-12;/h3-7,9-13H,1-2H3;3-6,8-9H,1-2H3;/q2*-1;. The van der Waals surface area contributed by atoms with Crippen LogP contribution in [0.4, 0.5) is 0 Å². The summed E-state index contributed by atoms with van der Waals surface area (Å²) in [5.74, 6) is 1.82. The Bertz CT molecular complexity index is 1500. The zero-order chi connectivity index (χ0) is 25.1. The van der Waals surface area contributed by atoms with Gasteiger partial charge in [0.05, 0.1) is 5.75 Å². The molecular formula is C33H28IrN2O-2. The smallest absolute Gasteiger partial charge is 0.128 e. The van der Waals surface area contributed by atoms with Crippen molar-refractivity contribution in [3.8, 4) is 34.0 Å². The SMILES string of the molecule is CC1(C)c2ccccc2Oc2cc[c-]c(-c3ccccn3)c21.Cc1cnc(-c2[c-]cccc2)cc1C.[Ir]. The van der Waals surface area contributed by atoms with Crippen molar-refractivity contribution < 1.29 is 24.8 Å². The molecule has 0 unspecified atom stereocenters. The number of fused-ring (bicyclic) bond motifs is 2. The van der Waals surface area contributed by atoms with Gasteiger partial charge in [-0.15, -0.1) is 59.7 Å². The summed E-state index contributed by atoms with van der Waals surface area (Å²) in [7, 11) is 0. The average molecular weight is 661 g/mol. The quantitative estimate of drug-likeness (QED) is 0.179. The maximum absolute atomic E-state index is 6.13. The number of aromatic nitrogens is 2. The van der Waals surface area contributed by atoms with Crippen LogP contribution in [0.15, 0.2) is 97.3 Å². The summed E-state index contributed by atoms with van der Waals surface area (Å²) in [5.41, 5.74) is 8.66. The fourth-order valence-electron chi connectivity index (χ4n) is 4.55. The van der Waals surface area contributed by atoms with Gasteiger partial charge >= 0.3 is 0 Å². The number of ether oxygens (including phenoxy) is 1. The van der Waals surface area contributed by atoms with E-state index < -0.39 is 0 Å². The van der Waals surface area contributed by atoms with Crippen LogP contribution >= 0.6 is 0 Å². The molecule has 1 aliphatic heterocycles. The van der Waals surface area contributed by atoms with E-state index in [-0.39, 0.29) is 25.5 Å². The molecule has 0 N–H and O–H groups in total. The van der Waals surface area contributed by atoms with Crippen molar-refractivity contribution in [3.05, 3.63) is 132 Å². The number of benzene rings is 3. The molecule has 5 aromatic rings. The predicted molar refractivity (Wildman–Crippen MR) is 145 cm³/mol. The van der Waals surface area contributed by atoms with Crippen molar-refractivity contribution in [1.29, 1.82) is 0 Å². The van der Waals surface area contributed by atoms with E-state index in [9.17, 15) is 0 Å². The van der Waals surface area contributed by atoms with Gasteiger partial charge in [-0.2, -0.15) is 0 Å². The first-order chi connectivity index (χ1) is 17.4. The predicted octanol–water partition coefficient (Wildman–Crippen LogP) is 8.14. The molecule has 0 bridgehead atoms. The van der Waals surface area contributed by atoms with E-state index in [1.807, 2.05) is 79.1 Å². The number of nitrogens with zero attached hydrogens (tertiary/aromatic N) is 2. The Kier molecular flexibility index (Phi) is 8.02. The molecule has 1 aliphatic rings. The van der Waals surface area contributed by atoms with E-state index in [0.29, 0.717) is 0 Å². The van der Waals surface area contributed by atoms with Crippen LogP contribution < -0.4 is 4.74 Å². The molecule has 2 aromatic heterocycles. The molecule has 3 heterocycles. The molecule has 0 aliphatic carbocycles. The zero-order valence-electron chi connectivity index (χ0n) is 21.4. The van der Waals surface area contributed by atoms with Gasteiger partial charge in [-0.25, -0.2) is 0 Å². The third kappa shape index (κ3) is 5.41. The van der Waals surface area contributed by atoms with Crippen LogP contribution in [0.5, 0.6) is 11.5 Å². The zero-order valence-corrected chi connectivity index (χ0v) is 23.8. The Morgan fingerprint density at radius 2 is 1.51 bits per heavy atom. The maximum Gasteiger partial charge on any atom is 0.128 e. The summed E-state index contributed by atoms with van der Waals surface area (Å²) in [6.45, 7) is 8.63. The van der Waals surface area contributed by atoms with E-state index in [0.717, 1.165) is 39.6 Å². The first-order valence-corrected chi connectivity index (χ1v) is 12.1. The van der Waals surface area contributed by atoms with E-state index in [4.69, 9.17) is 4.74 Å². The van der Waals surface area contributed by atoms with Crippen LogP contribution in [0.3, 0.4) is 0 Å². The largest absolute Gasteiger partial charge is 0.476 e. The first kappa shape index (κ1) is 26.5. The molecule has 0 fully saturated rings. The first-order valence-electron chi connectivity index (χ1n) is 12.1. The number of hydrogen-bond donors (Lipinski definition) is 0. The number of rotatable bonds is 2. The van der Waals surface area contributed by atoms with Crippen molar-refractivity contribution in [1.82, 2.24) is 9.97 Å². The van der Waals surface area contributed by atoms with E-state index >= 15 is 0 Å². The van der Waals surface area contributed by atoms with Gasteiger partial charge in [0.1, 0.15) is 5.75 Å². The molecule has 187 valence electrons. The van der Waals surface area contributed by atoms with E-state index in [1.54, 1.807) is 0 Å². The molecule has 0 spiro atoms. The van der Waals surface area contributed by atoms with Crippen LogP contribution in [0.2, 0.25) is 0 Å². The minimum absolute atomic E-state index is 0. The van der Waals surface area contributed by atoms with Crippen molar-refractivity contribution >= 4 is 0 Å². The molecular weight excluding hydrogens is 633 g/mol. The summed E-state index contributed by atoms with van der Waals surface area (Å²) in [4.78, 5) is 8.87. The van der Waals surface area contributed by atoms with E-state index in [2.05, 4.69) is 68.0 Å². The third-order valence-electron chi connectivity index (χ3n) is 6.64. The average Bonchev–Trinajstić information content (AvgIpc) is 2.91. The second-order valence-corrected chi connectivity index (χ2v) is 9.46. The minimum Gasteiger partial charge on any atom is -0.476 e. The van der Waals surface area contributed by atoms with Gasteiger partial charge in [0.15, 0.2) is 0 Å². The fourth-order valence-corrected chi connectivity index (χ4v) is 4.55. The maximum atomic E-state index is 6.13. The summed E-state index contributed by atoms with van der Waals surface area (Å²) >= 11 is 0. The van der Waals surface area contributed by atoms with Crippen molar-refractivity contribution in [2.24, 2.45) is 0 Å². The second kappa shape index (κ2) is 11.2. The number of aryl methyl sites for hydroxylation is 2. The van der Waals surface area contributed by atoms with Crippen molar-refractivity contribution in [2.75, 3.05) is 0 Å². The molecule has 0 saturated carbocycles. The summed E-state index contributed by atoms with van der Waals surface area (Å²) in [6.07, 6.45) is 3.72. The summed E-state index contributed by atoms with van der Waals surface area (Å²) in [6, 6.07) is 34.6. The molecule has 3 nitrogen and oxygen atoms in total. The van der Waals surface area contributed by atoms with E-state index in [1.165, 1.54) is 16.7 Å². The summed E-state index contributed by atoms with van der Waals surface area (Å²) in [5, 5.41) is 0. The second-order valence-electron chi connectivity index (χ2n) is 9.46.